The number of aliphatic hydroxyl groups excluding tert-OH is 2. The van der Waals surface area contributed by atoms with Crippen molar-refractivity contribution in [2.24, 2.45) is 5.92 Å². The van der Waals surface area contributed by atoms with Gasteiger partial charge < -0.3 is 25.0 Å². The number of fused-ring (bicyclic) bond motifs is 1. The molecule has 0 spiro atoms. The third-order valence-corrected chi connectivity index (χ3v) is 5.17. The van der Waals surface area contributed by atoms with E-state index >= 15 is 0 Å². The van der Waals surface area contributed by atoms with Crippen molar-refractivity contribution in [3.05, 3.63) is 43.5 Å². The minimum atomic E-state index is -4.83. The Morgan fingerprint density at radius 3 is 2.61 bits per heavy atom. The Kier molecular flexibility index (Phi) is 5.40. The van der Waals surface area contributed by atoms with Gasteiger partial charge in [0.1, 0.15) is 23.4 Å². The maximum atomic E-state index is 12.6. The fourth-order valence-electron chi connectivity index (χ4n) is 3.68. The summed E-state index contributed by atoms with van der Waals surface area (Å²) < 4.78 is 48.6. The second kappa shape index (κ2) is 7.89. The average Bonchev–Trinajstić information content (AvgIpc) is 3.25. The predicted molar refractivity (Wildman–Crippen MR) is 105 cm³/mol. The fraction of sp³-hybridized carbons (Fsp3) is 0.350. The molecule has 4 rings (SSSR count). The summed E-state index contributed by atoms with van der Waals surface area (Å²) in [4.78, 5) is 4.23. The molecule has 165 valence electrons. The van der Waals surface area contributed by atoms with Crippen molar-refractivity contribution in [1.82, 2.24) is 14.6 Å². The monoisotopic (exact) mass is 437 g/mol. The number of benzene rings is 1. The van der Waals surface area contributed by atoms with Crippen molar-refractivity contribution in [3.8, 4) is 22.8 Å². The van der Waals surface area contributed by atoms with Crippen LogP contribution in [0.25, 0.3) is 16.9 Å². The minimum Gasteiger partial charge on any atom is -0.496 e. The SMILES string of the molecule is [CH2][C@@H]1C[C@@H](Nc2ccnc3cc(-c4cc(OC(F)(F)F)ccc4OC)nn23)[C@H](O)[C@@H]1O. The van der Waals surface area contributed by atoms with Crippen LogP contribution in [0.15, 0.2) is 36.5 Å². The zero-order chi connectivity index (χ0) is 22.3. The summed E-state index contributed by atoms with van der Waals surface area (Å²) >= 11 is 0. The van der Waals surface area contributed by atoms with Crippen LogP contribution in [0.5, 0.6) is 11.5 Å². The molecule has 2 aromatic heterocycles. The number of alkyl halides is 3. The summed E-state index contributed by atoms with van der Waals surface area (Å²) in [5.74, 6) is 0.0693. The number of anilines is 1. The molecule has 2 heterocycles. The average molecular weight is 437 g/mol. The van der Waals surface area contributed by atoms with Crippen LogP contribution in [0.3, 0.4) is 0 Å². The highest BCUT2D eigenvalue weighted by atomic mass is 19.4. The molecule has 1 fully saturated rings. The van der Waals surface area contributed by atoms with Gasteiger partial charge in [-0.05, 0) is 43.5 Å². The summed E-state index contributed by atoms with van der Waals surface area (Å²) in [6.07, 6.45) is -4.79. The highest BCUT2D eigenvalue weighted by Crippen LogP contribution is 2.35. The molecule has 0 unspecified atom stereocenters. The molecule has 11 heteroatoms. The van der Waals surface area contributed by atoms with Crippen LogP contribution < -0.4 is 14.8 Å². The van der Waals surface area contributed by atoms with E-state index in [-0.39, 0.29) is 11.5 Å². The minimum absolute atomic E-state index is 0.287. The van der Waals surface area contributed by atoms with Crippen LogP contribution in [0, 0.1) is 12.8 Å². The van der Waals surface area contributed by atoms with Crippen molar-refractivity contribution in [2.45, 2.75) is 31.0 Å². The van der Waals surface area contributed by atoms with Gasteiger partial charge in [-0.1, -0.05) is 0 Å². The highest BCUT2D eigenvalue weighted by Gasteiger charge is 2.39. The molecule has 1 saturated carbocycles. The van der Waals surface area contributed by atoms with Gasteiger partial charge in [0, 0.05) is 17.8 Å². The first-order valence-electron chi connectivity index (χ1n) is 9.41. The molecular weight excluding hydrogens is 417 g/mol. The summed E-state index contributed by atoms with van der Waals surface area (Å²) in [5, 5.41) is 27.8. The van der Waals surface area contributed by atoms with Crippen LogP contribution in [0.1, 0.15) is 6.42 Å². The molecule has 8 nitrogen and oxygen atoms in total. The Morgan fingerprint density at radius 2 is 1.97 bits per heavy atom. The highest BCUT2D eigenvalue weighted by molar-refractivity contribution is 5.72. The van der Waals surface area contributed by atoms with Crippen molar-refractivity contribution in [2.75, 3.05) is 12.4 Å². The number of nitrogens with zero attached hydrogens (tertiary/aromatic N) is 3. The first-order chi connectivity index (χ1) is 14.7. The first-order valence-corrected chi connectivity index (χ1v) is 9.41. The van der Waals surface area contributed by atoms with Gasteiger partial charge in [0.15, 0.2) is 5.65 Å². The molecule has 1 radical (unpaired) electrons. The Hall–Kier alpha value is -3.05. The molecule has 3 aromatic rings. The largest absolute Gasteiger partial charge is 0.573 e. The van der Waals surface area contributed by atoms with Crippen molar-refractivity contribution in [3.63, 3.8) is 0 Å². The molecular formula is C20H20F3N4O4. The Bertz CT molecular complexity index is 1090. The lowest BCUT2D eigenvalue weighted by atomic mass is 10.1. The van der Waals surface area contributed by atoms with E-state index in [1.54, 1.807) is 12.1 Å². The topological polar surface area (TPSA) is 101 Å². The van der Waals surface area contributed by atoms with E-state index in [9.17, 15) is 23.4 Å². The number of rotatable bonds is 5. The summed E-state index contributed by atoms with van der Waals surface area (Å²) in [6.45, 7) is 3.83. The number of hydrogen-bond donors (Lipinski definition) is 3. The van der Waals surface area contributed by atoms with E-state index < -0.39 is 30.4 Å². The Labute approximate surface area is 175 Å². The third-order valence-electron chi connectivity index (χ3n) is 5.17. The summed E-state index contributed by atoms with van der Waals surface area (Å²) in [5.41, 5.74) is 1.02. The smallest absolute Gasteiger partial charge is 0.496 e. The van der Waals surface area contributed by atoms with Crippen molar-refractivity contribution in [1.29, 1.82) is 0 Å². The van der Waals surface area contributed by atoms with Gasteiger partial charge in [0.2, 0.25) is 0 Å². The van der Waals surface area contributed by atoms with E-state index in [0.29, 0.717) is 29.3 Å². The lowest BCUT2D eigenvalue weighted by Gasteiger charge is -2.19. The van der Waals surface area contributed by atoms with Gasteiger partial charge >= 0.3 is 6.36 Å². The quantitative estimate of drug-likeness (QED) is 0.564. The van der Waals surface area contributed by atoms with Gasteiger partial charge in [-0.25, -0.2) is 4.98 Å². The summed E-state index contributed by atoms with van der Waals surface area (Å²) in [7, 11) is 1.39. The third kappa shape index (κ3) is 4.23. The molecule has 0 aliphatic heterocycles. The normalized spacial score (nSPS) is 23.8. The predicted octanol–water partition coefficient (Wildman–Crippen LogP) is 2.66. The molecule has 0 saturated heterocycles. The van der Waals surface area contributed by atoms with E-state index in [1.807, 2.05) is 0 Å². The molecule has 1 aromatic carbocycles. The van der Waals surface area contributed by atoms with E-state index in [1.165, 1.54) is 30.0 Å². The van der Waals surface area contributed by atoms with E-state index in [0.717, 1.165) is 6.07 Å². The lowest BCUT2D eigenvalue weighted by molar-refractivity contribution is -0.274. The lowest BCUT2D eigenvalue weighted by Crippen LogP contribution is -2.35. The van der Waals surface area contributed by atoms with Crippen molar-refractivity contribution >= 4 is 11.5 Å². The number of halogens is 3. The summed E-state index contributed by atoms with van der Waals surface area (Å²) in [6, 6.07) is 6.47. The number of methoxy groups -OCH3 is 1. The van der Waals surface area contributed by atoms with E-state index in [4.69, 9.17) is 4.74 Å². The number of hydrogen-bond acceptors (Lipinski definition) is 7. The van der Waals surface area contributed by atoms with Crippen LogP contribution >= 0.6 is 0 Å². The first kappa shape index (κ1) is 21.2. The number of aliphatic hydroxyl groups is 2. The van der Waals surface area contributed by atoms with Crippen LogP contribution in [0.2, 0.25) is 0 Å². The van der Waals surface area contributed by atoms with Gasteiger partial charge in [-0.3, -0.25) is 0 Å². The molecule has 1 aliphatic carbocycles. The number of aromatic nitrogens is 3. The molecule has 1 aliphatic rings. The van der Waals surface area contributed by atoms with Gasteiger partial charge in [-0.15, -0.1) is 13.2 Å². The second-order valence-corrected chi connectivity index (χ2v) is 7.27. The molecule has 3 N–H and O–H groups in total. The number of nitrogens with one attached hydrogen (secondary N) is 1. The number of ether oxygens (including phenoxy) is 2. The van der Waals surface area contributed by atoms with Crippen molar-refractivity contribution < 1.29 is 32.9 Å². The van der Waals surface area contributed by atoms with Crippen LogP contribution in [-0.4, -0.2) is 56.5 Å². The molecule has 31 heavy (non-hydrogen) atoms. The maximum Gasteiger partial charge on any atom is 0.573 e. The second-order valence-electron chi connectivity index (χ2n) is 7.27. The van der Waals surface area contributed by atoms with Gasteiger partial charge in [0.25, 0.3) is 0 Å². The van der Waals surface area contributed by atoms with Crippen LogP contribution in [0.4, 0.5) is 19.0 Å². The molecule has 0 bridgehead atoms. The molecule has 4 atom stereocenters. The van der Waals surface area contributed by atoms with Crippen LogP contribution in [-0.2, 0) is 0 Å². The standard InChI is InChI=1S/C20H20F3N4O4/c1-10-7-14(19(29)18(10)28)25-16-5-6-24-17-9-13(26-27(16)17)12-8-11(31-20(21,22)23)3-4-15(12)30-2/h3-6,8-10,14,18-19,25,28-29H,1,7H2,2H3/t10-,14-,18-,19+/m1/s1. The van der Waals surface area contributed by atoms with E-state index in [2.05, 4.69) is 27.1 Å². The fourth-order valence-corrected chi connectivity index (χ4v) is 3.68. The van der Waals surface area contributed by atoms with Gasteiger partial charge in [-0.2, -0.15) is 9.61 Å². The Morgan fingerprint density at radius 1 is 1.19 bits per heavy atom. The molecule has 0 amide bonds. The van der Waals surface area contributed by atoms with Gasteiger partial charge in [0.05, 0.1) is 24.9 Å². The zero-order valence-corrected chi connectivity index (χ0v) is 16.4. The zero-order valence-electron chi connectivity index (χ0n) is 16.4. The maximum absolute atomic E-state index is 12.6. The Balaban J connectivity index is 1.70.